The molecule has 0 amide bonds. The van der Waals surface area contributed by atoms with Crippen LogP contribution in [0.3, 0.4) is 0 Å². The van der Waals surface area contributed by atoms with E-state index in [0.29, 0.717) is 18.0 Å². The highest BCUT2D eigenvalue weighted by molar-refractivity contribution is 7.89. The summed E-state index contributed by atoms with van der Waals surface area (Å²) in [5.74, 6) is 0. The van der Waals surface area contributed by atoms with Crippen LogP contribution in [0.5, 0.6) is 0 Å². The predicted octanol–water partition coefficient (Wildman–Crippen LogP) is 1.19. The first-order valence-corrected chi connectivity index (χ1v) is 7.30. The van der Waals surface area contributed by atoms with Gasteiger partial charge in [0.05, 0.1) is 11.5 Å². The molecule has 0 fully saturated rings. The first-order chi connectivity index (χ1) is 7.66. The van der Waals surface area contributed by atoms with Gasteiger partial charge in [-0.3, -0.25) is 0 Å². The Hall–Kier alpha value is -0.690. The van der Waals surface area contributed by atoms with Crippen molar-refractivity contribution < 1.29 is 13.5 Å². The second kappa shape index (κ2) is 4.67. The molecule has 1 aromatic rings. The molecule has 1 aliphatic heterocycles. The molecule has 0 bridgehead atoms. The topological polar surface area (TPSA) is 57.6 Å². The Morgan fingerprint density at radius 2 is 2.25 bits per heavy atom. The third-order valence-corrected chi connectivity index (χ3v) is 5.47. The van der Waals surface area contributed by atoms with Crippen LogP contribution in [0.15, 0.2) is 28.5 Å². The third-order valence-electron chi connectivity index (χ3n) is 2.49. The molecule has 16 heavy (non-hydrogen) atoms. The maximum absolute atomic E-state index is 12.2. The Labute approximate surface area is 98.9 Å². The average molecular weight is 259 g/mol. The number of hydrogen-bond acceptors (Lipinski definition) is 4. The molecule has 0 radical (unpaired) electrons. The Morgan fingerprint density at radius 3 is 2.88 bits per heavy atom. The van der Waals surface area contributed by atoms with Gasteiger partial charge in [0.2, 0.25) is 10.0 Å². The minimum Gasteiger partial charge on any atom is -0.391 e. The van der Waals surface area contributed by atoms with Gasteiger partial charge < -0.3 is 5.11 Å². The van der Waals surface area contributed by atoms with Crippen molar-refractivity contribution in [2.75, 3.05) is 13.1 Å². The van der Waals surface area contributed by atoms with E-state index in [1.165, 1.54) is 15.6 Å². The van der Waals surface area contributed by atoms with E-state index in [4.69, 9.17) is 5.11 Å². The SMILES string of the molecule is O=S(=O)(c1ccsc1CO)N1CC=CCC1. The van der Waals surface area contributed by atoms with E-state index in [1.54, 1.807) is 11.4 Å². The van der Waals surface area contributed by atoms with Crippen molar-refractivity contribution in [2.45, 2.75) is 17.9 Å². The molecular weight excluding hydrogens is 246 g/mol. The fourth-order valence-corrected chi connectivity index (χ4v) is 4.32. The number of nitrogens with zero attached hydrogens (tertiary/aromatic N) is 1. The Kier molecular flexibility index (Phi) is 3.44. The van der Waals surface area contributed by atoms with Gasteiger partial charge in [-0.1, -0.05) is 12.2 Å². The molecule has 0 spiro atoms. The lowest BCUT2D eigenvalue weighted by Crippen LogP contribution is -2.34. The van der Waals surface area contributed by atoms with E-state index in [2.05, 4.69) is 0 Å². The molecule has 0 saturated carbocycles. The lowest BCUT2D eigenvalue weighted by molar-refractivity contribution is 0.282. The van der Waals surface area contributed by atoms with E-state index in [9.17, 15) is 8.42 Å². The molecule has 6 heteroatoms. The summed E-state index contributed by atoms with van der Waals surface area (Å²) in [4.78, 5) is 0.754. The molecular formula is C10H13NO3S2. The number of sulfonamides is 1. The Balaban J connectivity index is 2.35. The number of thiophene rings is 1. The second-order valence-electron chi connectivity index (χ2n) is 3.49. The normalized spacial score (nSPS) is 17.8. The van der Waals surface area contributed by atoms with Crippen LogP contribution in [0.2, 0.25) is 0 Å². The molecule has 2 heterocycles. The Bertz CT molecular complexity index is 490. The van der Waals surface area contributed by atoms with Crippen LogP contribution in [-0.4, -0.2) is 30.9 Å². The van der Waals surface area contributed by atoms with Gasteiger partial charge in [0, 0.05) is 18.0 Å². The van der Waals surface area contributed by atoms with E-state index in [1.807, 2.05) is 12.2 Å². The highest BCUT2D eigenvalue weighted by Gasteiger charge is 2.27. The largest absolute Gasteiger partial charge is 0.391 e. The molecule has 4 nitrogen and oxygen atoms in total. The van der Waals surface area contributed by atoms with Gasteiger partial charge in [0.1, 0.15) is 0 Å². The summed E-state index contributed by atoms with van der Waals surface area (Å²) in [7, 11) is -3.43. The van der Waals surface area contributed by atoms with Gasteiger partial charge >= 0.3 is 0 Å². The van der Waals surface area contributed by atoms with Gasteiger partial charge in [0.25, 0.3) is 0 Å². The Morgan fingerprint density at radius 1 is 1.44 bits per heavy atom. The zero-order valence-corrected chi connectivity index (χ0v) is 10.3. The van der Waals surface area contributed by atoms with Crippen molar-refractivity contribution in [3.63, 3.8) is 0 Å². The van der Waals surface area contributed by atoms with E-state index >= 15 is 0 Å². The van der Waals surface area contributed by atoms with Gasteiger partial charge in [0.15, 0.2) is 0 Å². The van der Waals surface area contributed by atoms with Crippen molar-refractivity contribution >= 4 is 21.4 Å². The molecule has 88 valence electrons. The first-order valence-electron chi connectivity index (χ1n) is 4.98. The molecule has 0 unspecified atom stereocenters. The molecule has 0 aromatic carbocycles. The summed E-state index contributed by atoms with van der Waals surface area (Å²) in [5.41, 5.74) is 0. The van der Waals surface area contributed by atoms with Gasteiger partial charge in [-0.15, -0.1) is 11.3 Å². The average Bonchev–Trinajstić information content (AvgIpc) is 2.79. The van der Waals surface area contributed by atoms with Crippen LogP contribution in [0.1, 0.15) is 11.3 Å². The van der Waals surface area contributed by atoms with E-state index < -0.39 is 10.0 Å². The standard InChI is InChI=1S/C10H13NO3S2/c12-8-9-10(4-7-15-9)16(13,14)11-5-2-1-3-6-11/h1-2,4,7,12H,3,5-6,8H2. The van der Waals surface area contributed by atoms with E-state index in [-0.39, 0.29) is 11.5 Å². The zero-order chi connectivity index (χ0) is 11.6. The van der Waals surface area contributed by atoms with Crippen LogP contribution >= 0.6 is 11.3 Å². The minimum absolute atomic E-state index is 0.226. The minimum atomic E-state index is -3.43. The van der Waals surface area contributed by atoms with Crippen molar-refractivity contribution in [3.05, 3.63) is 28.5 Å². The number of rotatable bonds is 3. The quantitative estimate of drug-likeness (QED) is 0.830. The summed E-state index contributed by atoms with van der Waals surface area (Å²) >= 11 is 1.27. The molecule has 1 aromatic heterocycles. The summed E-state index contributed by atoms with van der Waals surface area (Å²) in [6, 6.07) is 1.56. The summed E-state index contributed by atoms with van der Waals surface area (Å²) in [5, 5.41) is 10.8. The van der Waals surface area contributed by atoms with Gasteiger partial charge in [-0.25, -0.2) is 8.42 Å². The van der Waals surface area contributed by atoms with Gasteiger partial charge in [-0.05, 0) is 17.9 Å². The zero-order valence-electron chi connectivity index (χ0n) is 8.67. The summed E-state index contributed by atoms with van der Waals surface area (Å²) in [6.45, 7) is 0.707. The monoisotopic (exact) mass is 259 g/mol. The molecule has 1 aliphatic rings. The number of hydrogen-bond donors (Lipinski definition) is 1. The van der Waals surface area contributed by atoms with Crippen molar-refractivity contribution in [1.82, 2.24) is 4.31 Å². The summed E-state index contributed by atoms with van der Waals surface area (Å²) in [6.07, 6.45) is 4.58. The maximum atomic E-state index is 12.2. The van der Waals surface area contributed by atoms with Crippen LogP contribution < -0.4 is 0 Å². The maximum Gasteiger partial charge on any atom is 0.244 e. The highest BCUT2D eigenvalue weighted by Crippen LogP contribution is 2.26. The molecule has 0 saturated heterocycles. The van der Waals surface area contributed by atoms with Crippen molar-refractivity contribution in [2.24, 2.45) is 0 Å². The lowest BCUT2D eigenvalue weighted by atomic mass is 10.3. The number of aliphatic hydroxyl groups excluding tert-OH is 1. The predicted molar refractivity (Wildman–Crippen MR) is 62.8 cm³/mol. The van der Waals surface area contributed by atoms with Gasteiger partial charge in [-0.2, -0.15) is 4.31 Å². The smallest absolute Gasteiger partial charge is 0.244 e. The molecule has 2 rings (SSSR count). The van der Waals surface area contributed by atoms with Crippen LogP contribution in [0.25, 0.3) is 0 Å². The lowest BCUT2D eigenvalue weighted by Gasteiger charge is -2.22. The number of aliphatic hydroxyl groups is 1. The van der Waals surface area contributed by atoms with Crippen LogP contribution in [-0.2, 0) is 16.6 Å². The molecule has 0 aliphatic carbocycles. The van der Waals surface area contributed by atoms with Crippen LogP contribution in [0.4, 0.5) is 0 Å². The third kappa shape index (κ3) is 2.06. The fourth-order valence-electron chi connectivity index (χ4n) is 1.65. The highest BCUT2D eigenvalue weighted by atomic mass is 32.2. The van der Waals surface area contributed by atoms with E-state index in [0.717, 1.165) is 6.42 Å². The van der Waals surface area contributed by atoms with Crippen molar-refractivity contribution in [1.29, 1.82) is 0 Å². The second-order valence-corrected chi connectivity index (χ2v) is 6.40. The molecule has 1 N–H and O–H groups in total. The van der Waals surface area contributed by atoms with Crippen molar-refractivity contribution in [3.8, 4) is 0 Å². The van der Waals surface area contributed by atoms with Crippen LogP contribution in [0, 0.1) is 0 Å². The summed E-state index contributed by atoms with van der Waals surface area (Å²) < 4.78 is 25.9. The first kappa shape index (κ1) is 11.8. The fraction of sp³-hybridized carbons (Fsp3) is 0.400. The molecule has 0 atom stereocenters.